The van der Waals surface area contributed by atoms with E-state index in [-0.39, 0.29) is 0 Å². The Morgan fingerprint density at radius 2 is 1.97 bits per heavy atom. The van der Waals surface area contributed by atoms with Crippen LogP contribution >= 0.6 is 12.2 Å². The summed E-state index contributed by atoms with van der Waals surface area (Å²) in [6, 6.07) is 17.9. The lowest BCUT2D eigenvalue weighted by atomic mass is 10.2. The molecule has 1 aliphatic carbocycles. The van der Waals surface area contributed by atoms with Gasteiger partial charge in [0, 0.05) is 11.3 Å². The molecule has 2 aromatic heterocycles. The SMILES string of the molecule is S=c1[nH]nc(-c2n[nH]c3c2CCC3)n1/N=C\c1cccc(OCc2ccccc2)c1. The standard InChI is InChI=1S/C22H20N6OS/c30-22-27-26-21(20-18-10-5-11-19(18)24-25-20)28(22)23-13-16-8-4-9-17(12-16)29-14-15-6-2-1-3-7-15/h1-4,6-9,12-13H,5,10-11,14H2,(H,24,25)(H,27,30)/b23-13-. The first-order valence-electron chi connectivity index (χ1n) is 9.83. The van der Waals surface area contributed by atoms with E-state index in [9.17, 15) is 0 Å². The first kappa shape index (κ1) is 18.5. The van der Waals surface area contributed by atoms with E-state index in [1.807, 2.05) is 54.6 Å². The lowest BCUT2D eigenvalue weighted by molar-refractivity contribution is 0.306. The highest BCUT2D eigenvalue weighted by Gasteiger charge is 2.23. The molecule has 2 N–H and O–H groups in total. The molecule has 30 heavy (non-hydrogen) atoms. The van der Waals surface area contributed by atoms with Gasteiger partial charge in [0.2, 0.25) is 10.6 Å². The van der Waals surface area contributed by atoms with Crippen molar-refractivity contribution in [3.8, 4) is 17.3 Å². The number of aromatic nitrogens is 5. The summed E-state index contributed by atoms with van der Waals surface area (Å²) in [7, 11) is 0. The Balaban J connectivity index is 1.37. The van der Waals surface area contributed by atoms with Crippen LogP contribution in [0.25, 0.3) is 11.5 Å². The van der Waals surface area contributed by atoms with Crippen LogP contribution in [0.2, 0.25) is 0 Å². The van der Waals surface area contributed by atoms with Gasteiger partial charge in [-0.05, 0) is 54.7 Å². The molecule has 0 unspecified atom stereocenters. The van der Waals surface area contributed by atoms with Crippen LogP contribution in [0.4, 0.5) is 0 Å². The minimum Gasteiger partial charge on any atom is -0.489 e. The lowest BCUT2D eigenvalue weighted by Gasteiger charge is -2.06. The van der Waals surface area contributed by atoms with E-state index >= 15 is 0 Å². The molecule has 0 saturated carbocycles. The van der Waals surface area contributed by atoms with Crippen LogP contribution in [-0.2, 0) is 19.4 Å². The van der Waals surface area contributed by atoms with E-state index < -0.39 is 0 Å². The van der Waals surface area contributed by atoms with Crippen molar-refractivity contribution in [2.75, 3.05) is 0 Å². The van der Waals surface area contributed by atoms with Gasteiger partial charge in [-0.15, -0.1) is 0 Å². The second-order valence-corrected chi connectivity index (χ2v) is 7.53. The largest absolute Gasteiger partial charge is 0.489 e. The van der Waals surface area contributed by atoms with Crippen molar-refractivity contribution >= 4 is 18.4 Å². The molecule has 0 saturated heterocycles. The van der Waals surface area contributed by atoms with Gasteiger partial charge < -0.3 is 4.74 Å². The highest BCUT2D eigenvalue weighted by molar-refractivity contribution is 7.71. The fourth-order valence-corrected chi connectivity index (χ4v) is 3.79. The van der Waals surface area contributed by atoms with Crippen molar-refractivity contribution in [3.63, 3.8) is 0 Å². The summed E-state index contributed by atoms with van der Waals surface area (Å²) in [4.78, 5) is 0. The zero-order valence-electron chi connectivity index (χ0n) is 16.2. The number of nitrogens with one attached hydrogen (secondary N) is 2. The Kier molecular flexibility index (Phi) is 4.98. The summed E-state index contributed by atoms with van der Waals surface area (Å²) < 4.78 is 7.94. The van der Waals surface area contributed by atoms with Crippen molar-refractivity contribution in [2.45, 2.75) is 25.9 Å². The van der Waals surface area contributed by atoms with Gasteiger partial charge in [0.1, 0.15) is 18.1 Å². The Morgan fingerprint density at radius 1 is 1.07 bits per heavy atom. The van der Waals surface area contributed by atoms with Gasteiger partial charge in [0.25, 0.3) is 0 Å². The average molecular weight is 417 g/mol. The summed E-state index contributed by atoms with van der Waals surface area (Å²) in [5.74, 6) is 1.40. The quantitative estimate of drug-likeness (QED) is 0.363. The van der Waals surface area contributed by atoms with E-state index in [1.165, 1.54) is 11.3 Å². The number of aryl methyl sites for hydroxylation is 1. The molecule has 4 aromatic rings. The van der Waals surface area contributed by atoms with Crippen molar-refractivity contribution in [1.82, 2.24) is 25.1 Å². The molecule has 150 valence electrons. The molecule has 1 aliphatic rings. The van der Waals surface area contributed by atoms with Crippen molar-refractivity contribution in [3.05, 3.63) is 81.8 Å². The molecule has 2 heterocycles. The zero-order valence-corrected chi connectivity index (χ0v) is 17.0. The van der Waals surface area contributed by atoms with Gasteiger partial charge in [0.05, 0.1) is 6.21 Å². The number of nitrogens with zero attached hydrogens (tertiary/aromatic N) is 4. The summed E-state index contributed by atoms with van der Waals surface area (Å²) in [5, 5.41) is 19.3. The Morgan fingerprint density at radius 3 is 2.87 bits per heavy atom. The summed E-state index contributed by atoms with van der Waals surface area (Å²) in [6.45, 7) is 0.517. The number of fused-ring (bicyclic) bond motifs is 1. The number of hydrogen-bond acceptors (Lipinski definition) is 5. The van der Waals surface area contributed by atoms with Gasteiger partial charge in [-0.1, -0.05) is 42.5 Å². The predicted molar refractivity (Wildman–Crippen MR) is 117 cm³/mol. The number of H-pyrrole nitrogens is 2. The molecule has 0 fully saturated rings. The fourth-order valence-electron chi connectivity index (χ4n) is 3.61. The fraction of sp³-hybridized carbons (Fsp3) is 0.182. The monoisotopic (exact) mass is 416 g/mol. The van der Waals surface area contributed by atoms with Crippen LogP contribution < -0.4 is 4.74 Å². The van der Waals surface area contributed by atoms with Crippen LogP contribution in [0.5, 0.6) is 5.75 Å². The third-order valence-electron chi connectivity index (χ3n) is 5.10. The Bertz CT molecular complexity index is 1250. The molecule has 8 heteroatoms. The maximum atomic E-state index is 5.90. The van der Waals surface area contributed by atoms with Gasteiger partial charge in [-0.25, -0.2) is 5.10 Å². The van der Waals surface area contributed by atoms with Crippen LogP contribution in [0.15, 0.2) is 59.7 Å². The summed E-state index contributed by atoms with van der Waals surface area (Å²) >= 11 is 5.38. The summed E-state index contributed by atoms with van der Waals surface area (Å²) in [6.07, 6.45) is 4.88. The molecule has 0 bridgehead atoms. The number of aromatic amines is 2. The van der Waals surface area contributed by atoms with E-state index in [2.05, 4.69) is 25.5 Å². The molecule has 7 nitrogen and oxygen atoms in total. The number of rotatable bonds is 6. The Labute approximate surface area is 178 Å². The van der Waals surface area contributed by atoms with E-state index in [0.29, 0.717) is 17.2 Å². The minimum absolute atomic E-state index is 0.424. The van der Waals surface area contributed by atoms with E-state index in [0.717, 1.165) is 41.8 Å². The van der Waals surface area contributed by atoms with Gasteiger partial charge >= 0.3 is 0 Å². The molecule has 0 aliphatic heterocycles. The maximum absolute atomic E-state index is 5.90. The van der Waals surface area contributed by atoms with Crippen molar-refractivity contribution in [2.24, 2.45) is 5.10 Å². The van der Waals surface area contributed by atoms with Gasteiger partial charge in [0.15, 0.2) is 0 Å². The predicted octanol–water partition coefficient (Wildman–Crippen LogP) is 4.28. The molecule has 0 radical (unpaired) electrons. The summed E-state index contributed by atoms with van der Waals surface area (Å²) in [5.41, 5.74) is 5.22. The van der Waals surface area contributed by atoms with E-state index in [1.54, 1.807) is 10.9 Å². The van der Waals surface area contributed by atoms with Crippen LogP contribution in [0.1, 0.15) is 28.8 Å². The Hall–Kier alpha value is -3.52. The van der Waals surface area contributed by atoms with Crippen LogP contribution in [0, 0.1) is 4.77 Å². The minimum atomic E-state index is 0.424. The third-order valence-corrected chi connectivity index (χ3v) is 5.36. The van der Waals surface area contributed by atoms with Crippen molar-refractivity contribution in [1.29, 1.82) is 0 Å². The van der Waals surface area contributed by atoms with Crippen molar-refractivity contribution < 1.29 is 4.74 Å². The second kappa shape index (κ2) is 8.08. The third kappa shape index (κ3) is 3.69. The molecule has 0 amide bonds. The van der Waals surface area contributed by atoms with Crippen LogP contribution in [-0.4, -0.2) is 31.3 Å². The highest BCUT2D eigenvalue weighted by atomic mass is 32.1. The molecule has 0 atom stereocenters. The van der Waals surface area contributed by atoms with Gasteiger partial charge in [-0.2, -0.15) is 20.0 Å². The number of hydrogen-bond donors (Lipinski definition) is 2. The smallest absolute Gasteiger partial charge is 0.216 e. The van der Waals surface area contributed by atoms with E-state index in [4.69, 9.17) is 17.0 Å². The molecule has 2 aromatic carbocycles. The zero-order chi connectivity index (χ0) is 20.3. The molecule has 0 spiro atoms. The first-order chi connectivity index (χ1) is 14.8. The topological polar surface area (TPSA) is 83.9 Å². The first-order valence-corrected chi connectivity index (χ1v) is 10.2. The molecule has 5 rings (SSSR count). The van der Waals surface area contributed by atoms with Gasteiger partial charge in [-0.3, -0.25) is 5.10 Å². The average Bonchev–Trinajstić information content (AvgIpc) is 3.48. The lowest BCUT2D eigenvalue weighted by Crippen LogP contribution is -1.98. The highest BCUT2D eigenvalue weighted by Crippen LogP contribution is 2.29. The molecular formula is C22H20N6OS. The maximum Gasteiger partial charge on any atom is 0.216 e. The second-order valence-electron chi connectivity index (χ2n) is 7.14. The number of ether oxygens (including phenoxy) is 1. The molecular weight excluding hydrogens is 396 g/mol. The normalized spacial score (nSPS) is 13.1. The van der Waals surface area contributed by atoms with Crippen LogP contribution in [0.3, 0.4) is 0 Å². The number of benzene rings is 2.